The van der Waals surface area contributed by atoms with Crippen LogP contribution in [0.25, 0.3) is 22.9 Å². The standard InChI is InChI=1S/C19H17N3O4/c1-11-5-3-4-6-15(11)18-22-21-17(26-18)13-7-9-14(10-8-13)19(24)25-12(2)16(20)23/h3-10,12H,1-2H3,(H2,20,23). The molecule has 132 valence electrons. The number of carbonyl (C=O) groups is 2. The van der Waals surface area contributed by atoms with Crippen LogP contribution in [0.4, 0.5) is 0 Å². The van der Waals surface area contributed by atoms with Crippen LogP contribution in [0.15, 0.2) is 52.9 Å². The van der Waals surface area contributed by atoms with Crippen molar-refractivity contribution in [2.75, 3.05) is 0 Å². The Bertz CT molecular complexity index is 947. The minimum absolute atomic E-state index is 0.292. The average Bonchev–Trinajstić information content (AvgIpc) is 3.12. The Balaban J connectivity index is 1.78. The number of amides is 1. The highest BCUT2D eigenvalue weighted by atomic mass is 16.5. The number of nitrogens with two attached hydrogens (primary N) is 1. The first-order valence-electron chi connectivity index (χ1n) is 7.96. The number of ether oxygens (including phenoxy) is 1. The van der Waals surface area contributed by atoms with Crippen molar-refractivity contribution in [3.05, 3.63) is 59.7 Å². The summed E-state index contributed by atoms with van der Waals surface area (Å²) in [5.41, 5.74) is 7.93. The number of rotatable bonds is 5. The molecule has 0 fully saturated rings. The zero-order chi connectivity index (χ0) is 18.7. The van der Waals surface area contributed by atoms with Crippen molar-refractivity contribution in [2.24, 2.45) is 5.73 Å². The first-order chi connectivity index (χ1) is 12.5. The Labute approximate surface area is 149 Å². The summed E-state index contributed by atoms with van der Waals surface area (Å²) in [6, 6.07) is 14.2. The number of aromatic nitrogens is 2. The average molecular weight is 351 g/mol. The van der Waals surface area contributed by atoms with E-state index in [9.17, 15) is 9.59 Å². The van der Waals surface area contributed by atoms with Gasteiger partial charge in [0.1, 0.15) is 0 Å². The molecule has 2 N–H and O–H groups in total. The van der Waals surface area contributed by atoms with Gasteiger partial charge >= 0.3 is 5.97 Å². The van der Waals surface area contributed by atoms with Gasteiger partial charge in [-0.05, 0) is 49.7 Å². The van der Waals surface area contributed by atoms with E-state index in [-0.39, 0.29) is 0 Å². The summed E-state index contributed by atoms with van der Waals surface area (Å²) >= 11 is 0. The maximum atomic E-state index is 12.0. The molecular weight excluding hydrogens is 334 g/mol. The van der Waals surface area contributed by atoms with Gasteiger partial charge in [-0.25, -0.2) is 4.79 Å². The lowest BCUT2D eigenvalue weighted by atomic mass is 10.1. The van der Waals surface area contributed by atoms with Gasteiger partial charge in [-0.3, -0.25) is 4.79 Å². The van der Waals surface area contributed by atoms with E-state index >= 15 is 0 Å². The minimum atomic E-state index is -0.991. The minimum Gasteiger partial charge on any atom is -0.449 e. The van der Waals surface area contributed by atoms with Gasteiger partial charge in [0.2, 0.25) is 11.8 Å². The molecule has 7 nitrogen and oxygen atoms in total. The van der Waals surface area contributed by atoms with Crippen LogP contribution in [-0.2, 0) is 9.53 Å². The Morgan fingerprint density at radius 3 is 2.35 bits per heavy atom. The van der Waals surface area contributed by atoms with E-state index < -0.39 is 18.0 Å². The SMILES string of the molecule is Cc1ccccc1-c1nnc(-c2ccc(C(=O)OC(C)C(N)=O)cc2)o1. The zero-order valence-corrected chi connectivity index (χ0v) is 14.3. The highest BCUT2D eigenvalue weighted by molar-refractivity contribution is 5.92. The summed E-state index contributed by atoms with van der Waals surface area (Å²) in [7, 11) is 0. The topological polar surface area (TPSA) is 108 Å². The molecule has 7 heteroatoms. The Morgan fingerprint density at radius 2 is 1.69 bits per heavy atom. The third-order valence-corrected chi connectivity index (χ3v) is 3.85. The lowest BCUT2D eigenvalue weighted by Gasteiger charge is -2.09. The van der Waals surface area contributed by atoms with Gasteiger partial charge in [-0.2, -0.15) is 0 Å². The molecule has 0 aliphatic heterocycles. The van der Waals surface area contributed by atoms with Gasteiger partial charge in [0.05, 0.1) is 5.56 Å². The molecule has 1 unspecified atom stereocenters. The molecule has 1 heterocycles. The van der Waals surface area contributed by atoms with E-state index in [1.54, 1.807) is 24.3 Å². The molecule has 1 aromatic heterocycles. The second kappa shape index (κ2) is 7.18. The number of hydrogen-bond acceptors (Lipinski definition) is 6. The third kappa shape index (κ3) is 3.61. The Hall–Kier alpha value is -3.48. The lowest BCUT2D eigenvalue weighted by molar-refractivity contribution is -0.125. The smallest absolute Gasteiger partial charge is 0.338 e. The van der Waals surface area contributed by atoms with Gasteiger partial charge < -0.3 is 14.9 Å². The largest absolute Gasteiger partial charge is 0.449 e. The van der Waals surface area contributed by atoms with Crippen molar-refractivity contribution in [1.82, 2.24) is 10.2 Å². The molecule has 26 heavy (non-hydrogen) atoms. The summed E-state index contributed by atoms with van der Waals surface area (Å²) in [6.07, 6.45) is -0.991. The zero-order valence-electron chi connectivity index (χ0n) is 14.3. The summed E-state index contributed by atoms with van der Waals surface area (Å²) in [4.78, 5) is 22.9. The lowest BCUT2D eigenvalue weighted by Crippen LogP contribution is -2.30. The van der Waals surface area contributed by atoms with Crippen LogP contribution in [-0.4, -0.2) is 28.2 Å². The molecule has 3 rings (SSSR count). The molecule has 0 aliphatic carbocycles. The molecule has 3 aromatic rings. The van der Waals surface area contributed by atoms with E-state index in [0.717, 1.165) is 11.1 Å². The van der Waals surface area contributed by atoms with Gasteiger partial charge in [0.15, 0.2) is 6.10 Å². The van der Waals surface area contributed by atoms with E-state index in [2.05, 4.69) is 10.2 Å². The number of nitrogens with zero attached hydrogens (tertiary/aromatic N) is 2. The predicted octanol–water partition coefficient (Wildman–Crippen LogP) is 2.74. The first-order valence-corrected chi connectivity index (χ1v) is 7.96. The predicted molar refractivity (Wildman–Crippen MR) is 94.0 cm³/mol. The summed E-state index contributed by atoms with van der Waals surface area (Å²) in [5.74, 6) is -0.566. The molecular formula is C19H17N3O4. The molecule has 0 radical (unpaired) electrons. The van der Waals surface area contributed by atoms with Crippen LogP contribution in [0.1, 0.15) is 22.8 Å². The second-order valence-corrected chi connectivity index (χ2v) is 5.75. The fourth-order valence-electron chi connectivity index (χ4n) is 2.30. The molecule has 0 spiro atoms. The van der Waals surface area contributed by atoms with Crippen LogP contribution in [0.2, 0.25) is 0 Å². The van der Waals surface area contributed by atoms with Crippen molar-refractivity contribution in [1.29, 1.82) is 0 Å². The summed E-state index contributed by atoms with van der Waals surface area (Å²) < 4.78 is 10.7. The van der Waals surface area contributed by atoms with Crippen molar-refractivity contribution < 1.29 is 18.7 Å². The Morgan fingerprint density at radius 1 is 1.04 bits per heavy atom. The van der Waals surface area contributed by atoms with E-state index in [1.165, 1.54) is 6.92 Å². The number of aryl methyl sites for hydroxylation is 1. The third-order valence-electron chi connectivity index (χ3n) is 3.85. The molecule has 2 aromatic carbocycles. The Kier molecular flexibility index (Phi) is 4.79. The van der Waals surface area contributed by atoms with Gasteiger partial charge in [0.25, 0.3) is 5.91 Å². The van der Waals surface area contributed by atoms with E-state index in [4.69, 9.17) is 14.9 Å². The van der Waals surface area contributed by atoms with E-state index in [1.807, 2.05) is 31.2 Å². The molecule has 0 bridgehead atoms. The van der Waals surface area contributed by atoms with Crippen LogP contribution < -0.4 is 5.73 Å². The van der Waals surface area contributed by atoms with Crippen LogP contribution in [0.3, 0.4) is 0 Å². The molecule has 0 saturated heterocycles. The van der Waals surface area contributed by atoms with Gasteiger partial charge in [0, 0.05) is 11.1 Å². The number of primary amides is 1. The van der Waals surface area contributed by atoms with Crippen LogP contribution in [0, 0.1) is 6.92 Å². The van der Waals surface area contributed by atoms with Crippen molar-refractivity contribution >= 4 is 11.9 Å². The number of hydrogen-bond donors (Lipinski definition) is 1. The fourth-order valence-corrected chi connectivity index (χ4v) is 2.30. The van der Waals surface area contributed by atoms with Crippen LogP contribution in [0.5, 0.6) is 0 Å². The van der Waals surface area contributed by atoms with E-state index in [0.29, 0.717) is 22.9 Å². The maximum Gasteiger partial charge on any atom is 0.338 e. The summed E-state index contributed by atoms with van der Waals surface area (Å²) in [6.45, 7) is 3.38. The first kappa shape index (κ1) is 17.3. The molecule has 1 amide bonds. The quantitative estimate of drug-likeness (QED) is 0.708. The normalized spacial score (nSPS) is 11.8. The number of esters is 1. The maximum absolute atomic E-state index is 12.0. The highest BCUT2D eigenvalue weighted by Gasteiger charge is 2.17. The second-order valence-electron chi connectivity index (χ2n) is 5.75. The van der Waals surface area contributed by atoms with Crippen molar-refractivity contribution in [3.8, 4) is 22.9 Å². The molecule has 1 atom stereocenters. The monoisotopic (exact) mass is 351 g/mol. The molecule has 0 saturated carbocycles. The van der Waals surface area contributed by atoms with Gasteiger partial charge in [-0.1, -0.05) is 18.2 Å². The summed E-state index contributed by atoms with van der Waals surface area (Å²) in [5, 5.41) is 8.14. The van der Waals surface area contributed by atoms with Crippen molar-refractivity contribution in [3.63, 3.8) is 0 Å². The number of benzene rings is 2. The van der Waals surface area contributed by atoms with Crippen LogP contribution >= 0.6 is 0 Å². The highest BCUT2D eigenvalue weighted by Crippen LogP contribution is 2.26. The number of carbonyl (C=O) groups excluding carboxylic acids is 2. The van der Waals surface area contributed by atoms with Gasteiger partial charge in [-0.15, -0.1) is 10.2 Å². The van der Waals surface area contributed by atoms with Crippen molar-refractivity contribution in [2.45, 2.75) is 20.0 Å². The molecule has 0 aliphatic rings. The fraction of sp³-hybridized carbons (Fsp3) is 0.158.